The topological polar surface area (TPSA) is 77.1 Å². The predicted molar refractivity (Wildman–Crippen MR) is 72.3 cm³/mol. The molecule has 1 N–H and O–H groups in total. The van der Waals surface area contributed by atoms with Crippen LogP contribution in [0.4, 0.5) is 0 Å². The van der Waals surface area contributed by atoms with Crippen molar-refractivity contribution in [1.29, 1.82) is 0 Å². The van der Waals surface area contributed by atoms with Crippen molar-refractivity contribution in [1.82, 2.24) is 10.2 Å². The molecule has 20 heavy (non-hydrogen) atoms. The summed E-state index contributed by atoms with van der Waals surface area (Å²) in [5, 5.41) is 2.92. The molecule has 0 bridgehead atoms. The van der Waals surface area contributed by atoms with Crippen molar-refractivity contribution in [3.05, 3.63) is 0 Å². The number of piperazine rings is 1. The fourth-order valence-electron chi connectivity index (χ4n) is 1.88. The molecule has 1 fully saturated rings. The Morgan fingerprint density at radius 1 is 1.15 bits per heavy atom. The zero-order valence-electron chi connectivity index (χ0n) is 12.2. The van der Waals surface area contributed by atoms with Gasteiger partial charge in [0.25, 0.3) is 0 Å². The van der Waals surface area contributed by atoms with Gasteiger partial charge in [-0.1, -0.05) is 6.92 Å². The highest BCUT2D eigenvalue weighted by molar-refractivity contribution is 6.01. The molecular weight excluding hydrogens is 264 g/mol. The van der Waals surface area contributed by atoms with E-state index in [-0.39, 0.29) is 24.4 Å². The predicted octanol–water partition coefficient (Wildman–Crippen LogP) is -0.597. The number of imide groups is 1. The summed E-state index contributed by atoms with van der Waals surface area (Å²) in [4.78, 5) is 24.9. The van der Waals surface area contributed by atoms with E-state index in [1.165, 1.54) is 4.90 Å². The van der Waals surface area contributed by atoms with Gasteiger partial charge in [-0.2, -0.15) is 0 Å². The smallest absolute Gasteiger partial charge is 0.246 e. The molecule has 0 spiro atoms. The summed E-state index contributed by atoms with van der Waals surface area (Å²) < 4.78 is 15.4. The molecule has 7 nitrogen and oxygen atoms in total. The average molecular weight is 288 g/mol. The first-order valence-electron chi connectivity index (χ1n) is 6.92. The summed E-state index contributed by atoms with van der Waals surface area (Å²) in [5.41, 5.74) is 0. The summed E-state index contributed by atoms with van der Waals surface area (Å²) in [6, 6.07) is -0.259. The van der Waals surface area contributed by atoms with Crippen molar-refractivity contribution in [3.63, 3.8) is 0 Å². The Hall–Kier alpha value is -1.02. The zero-order chi connectivity index (χ0) is 14.8. The summed E-state index contributed by atoms with van der Waals surface area (Å²) in [6.07, 6.45) is 0.677. The van der Waals surface area contributed by atoms with E-state index >= 15 is 0 Å². The van der Waals surface area contributed by atoms with Gasteiger partial charge >= 0.3 is 0 Å². The average Bonchev–Trinajstić information content (AvgIpc) is 2.45. The van der Waals surface area contributed by atoms with E-state index in [1.54, 1.807) is 7.11 Å². The quantitative estimate of drug-likeness (QED) is 0.427. The third kappa shape index (κ3) is 5.54. The van der Waals surface area contributed by atoms with Gasteiger partial charge in [0.05, 0.1) is 52.2 Å². The van der Waals surface area contributed by atoms with Crippen LogP contribution in [0.3, 0.4) is 0 Å². The van der Waals surface area contributed by atoms with Crippen LogP contribution in [0.2, 0.25) is 0 Å². The molecule has 7 heteroatoms. The van der Waals surface area contributed by atoms with Crippen LogP contribution in [0.1, 0.15) is 13.3 Å². The molecule has 0 aliphatic carbocycles. The number of ether oxygens (including phenoxy) is 3. The maximum absolute atomic E-state index is 12.0. The number of hydrogen-bond donors (Lipinski definition) is 1. The lowest BCUT2D eigenvalue weighted by Gasteiger charge is -2.30. The van der Waals surface area contributed by atoms with E-state index in [1.807, 2.05) is 6.92 Å². The van der Waals surface area contributed by atoms with E-state index in [0.717, 1.165) is 0 Å². The van der Waals surface area contributed by atoms with Crippen molar-refractivity contribution in [2.24, 2.45) is 0 Å². The first-order valence-corrected chi connectivity index (χ1v) is 6.92. The fraction of sp³-hybridized carbons (Fsp3) is 0.846. The molecule has 1 aliphatic rings. The lowest BCUT2D eigenvalue weighted by molar-refractivity contribution is -0.150. The number of methoxy groups -OCH3 is 1. The minimum absolute atomic E-state index is 0.163. The van der Waals surface area contributed by atoms with Crippen LogP contribution in [0.5, 0.6) is 0 Å². The number of hydrogen-bond acceptors (Lipinski definition) is 6. The number of nitrogens with one attached hydrogen (secondary N) is 1. The molecule has 1 saturated heterocycles. The molecule has 1 rings (SSSR count). The molecule has 1 aliphatic heterocycles. The molecule has 1 atom stereocenters. The van der Waals surface area contributed by atoms with Crippen molar-refractivity contribution in [3.8, 4) is 0 Å². The largest absolute Gasteiger partial charge is 0.382 e. The van der Waals surface area contributed by atoms with E-state index in [2.05, 4.69) is 5.32 Å². The molecule has 0 radical (unpaired) electrons. The number of rotatable bonds is 10. The van der Waals surface area contributed by atoms with Crippen LogP contribution in [0.25, 0.3) is 0 Å². The first kappa shape index (κ1) is 17.0. The van der Waals surface area contributed by atoms with Gasteiger partial charge in [0.2, 0.25) is 11.8 Å². The Morgan fingerprint density at radius 2 is 1.80 bits per heavy atom. The zero-order valence-corrected chi connectivity index (χ0v) is 12.2. The van der Waals surface area contributed by atoms with E-state index in [9.17, 15) is 9.59 Å². The highest BCUT2D eigenvalue weighted by atomic mass is 16.5. The highest BCUT2D eigenvalue weighted by Gasteiger charge is 2.32. The lowest BCUT2D eigenvalue weighted by Crippen LogP contribution is -2.58. The Balaban J connectivity index is 2.13. The van der Waals surface area contributed by atoms with Gasteiger partial charge in [-0.15, -0.1) is 0 Å². The first-order chi connectivity index (χ1) is 9.70. The normalized spacial score (nSPS) is 19.7. The lowest BCUT2D eigenvalue weighted by atomic mass is 10.1. The molecule has 0 aromatic rings. The third-order valence-corrected chi connectivity index (χ3v) is 3.04. The van der Waals surface area contributed by atoms with Crippen LogP contribution in [0, 0.1) is 0 Å². The maximum Gasteiger partial charge on any atom is 0.246 e. The van der Waals surface area contributed by atoms with Crippen molar-refractivity contribution >= 4 is 11.8 Å². The number of nitrogens with zero attached hydrogens (tertiary/aromatic N) is 1. The second-order valence-corrected chi connectivity index (χ2v) is 4.44. The monoisotopic (exact) mass is 288 g/mol. The third-order valence-electron chi connectivity index (χ3n) is 3.04. The Morgan fingerprint density at radius 3 is 2.45 bits per heavy atom. The standard InChI is InChI=1S/C13H24N2O5/c1-3-11-13(17)15(12(16)10-14-11)4-5-19-8-9-20-7-6-18-2/h11,14H,3-10H2,1-2H3. The van der Waals surface area contributed by atoms with E-state index in [4.69, 9.17) is 14.2 Å². The molecular formula is C13H24N2O5. The Labute approximate surface area is 119 Å². The Bertz CT molecular complexity index is 311. The minimum atomic E-state index is -0.259. The van der Waals surface area contributed by atoms with Gasteiger partial charge in [-0.05, 0) is 6.42 Å². The minimum Gasteiger partial charge on any atom is -0.382 e. The molecule has 1 heterocycles. The molecule has 0 saturated carbocycles. The summed E-state index contributed by atoms with van der Waals surface area (Å²) in [7, 11) is 1.62. The van der Waals surface area contributed by atoms with Gasteiger partial charge in [0.15, 0.2) is 0 Å². The summed E-state index contributed by atoms with van der Waals surface area (Å²) in [6.45, 7) is 4.77. The van der Waals surface area contributed by atoms with Gasteiger partial charge in [0, 0.05) is 7.11 Å². The molecule has 116 valence electrons. The fourth-order valence-corrected chi connectivity index (χ4v) is 1.88. The summed E-state index contributed by atoms with van der Waals surface area (Å²) >= 11 is 0. The number of carbonyl (C=O) groups excluding carboxylic acids is 2. The SMILES string of the molecule is CCC1NCC(=O)N(CCOCCOCCOC)C1=O. The van der Waals surface area contributed by atoms with Crippen LogP contribution in [-0.2, 0) is 23.8 Å². The summed E-state index contributed by atoms with van der Waals surface area (Å²) in [5.74, 6) is -0.358. The van der Waals surface area contributed by atoms with Crippen LogP contribution in [0.15, 0.2) is 0 Å². The van der Waals surface area contributed by atoms with Crippen molar-refractivity contribution in [2.75, 3.05) is 53.2 Å². The van der Waals surface area contributed by atoms with Gasteiger partial charge < -0.3 is 14.2 Å². The van der Waals surface area contributed by atoms with E-state index < -0.39 is 0 Å². The Kier molecular flexibility index (Phi) is 8.36. The van der Waals surface area contributed by atoms with Gasteiger partial charge in [-0.3, -0.25) is 19.8 Å². The number of amides is 2. The van der Waals surface area contributed by atoms with Crippen LogP contribution in [-0.4, -0.2) is 76.0 Å². The molecule has 0 aromatic heterocycles. The van der Waals surface area contributed by atoms with Gasteiger partial charge in [-0.25, -0.2) is 0 Å². The number of carbonyl (C=O) groups is 2. The van der Waals surface area contributed by atoms with Crippen LogP contribution >= 0.6 is 0 Å². The van der Waals surface area contributed by atoms with Crippen molar-refractivity contribution in [2.45, 2.75) is 19.4 Å². The highest BCUT2D eigenvalue weighted by Crippen LogP contribution is 2.05. The molecule has 2 amide bonds. The van der Waals surface area contributed by atoms with Crippen LogP contribution < -0.4 is 5.32 Å². The second kappa shape index (κ2) is 9.82. The van der Waals surface area contributed by atoms with Gasteiger partial charge in [0.1, 0.15) is 0 Å². The van der Waals surface area contributed by atoms with Crippen molar-refractivity contribution < 1.29 is 23.8 Å². The molecule has 1 unspecified atom stereocenters. The maximum atomic E-state index is 12.0. The molecule has 0 aromatic carbocycles. The van der Waals surface area contributed by atoms with E-state index in [0.29, 0.717) is 46.0 Å². The second-order valence-electron chi connectivity index (χ2n) is 4.44.